The van der Waals surface area contributed by atoms with E-state index in [9.17, 15) is 8.78 Å². The van der Waals surface area contributed by atoms with Gasteiger partial charge in [0.05, 0.1) is 6.61 Å². The summed E-state index contributed by atoms with van der Waals surface area (Å²) in [6.45, 7) is 4.95. The largest absolute Gasteiger partial charge is 0.490 e. The van der Waals surface area contributed by atoms with Gasteiger partial charge in [-0.05, 0) is 67.4 Å². The van der Waals surface area contributed by atoms with Crippen LogP contribution in [0.25, 0.3) is 0 Å². The lowest BCUT2D eigenvalue weighted by molar-refractivity contribution is 0.223. The molecule has 1 nitrogen and oxygen atoms in total. The number of rotatable bonds is 13. The number of hydrogen-bond donors (Lipinski definition) is 0. The lowest BCUT2D eigenvalue weighted by atomic mass is 9.74. The Hall–Kier alpha value is -1.12. The van der Waals surface area contributed by atoms with Crippen molar-refractivity contribution in [3.63, 3.8) is 0 Å². The molecule has 0 radical (unpaired) electrons. The van der Waals surface area contributed by atoms with Crippen LogP contribution in [0.1, 0.15) is 134 Å². The summed E-state index contributed by atoms with van der Waals surface area (Å²) in [6, 6.07) is 3.44. The molecule has 0 unspecified atom stereocenters. The monoisotopic (exact) mass is 462 g/mol. The first-order valence-corrected chi connectivity index (χ1v) is 14.2. The maximum absolute atomic E-state index is 14.8. The fourth-order valence-electron chi connectivity index (χ4n) is 6.31. The molecule has 33 heavy (non-hydrogen) atoms. The molecule has 2 aliphatic rings. The van der Waals surface area contributed by atoms with Crippen LogP contribution < -0.4 is 4.74 Å². The Morgan fingerprint density at radius 2 is 1.24 bits per heavy atom. The maximum atomic E-state index is 14.8. The first kappa shape index (κ1) is 26.5. The Morgan fingerprint density at radius 3 is 1.85 bits per heavy atom. The van der Waals surface area contributed by atoms with Crippen LogP contribution >= 0.6 is 0 Å². The molecule has 0 atom stereocenters. The minimum Gasteiger partial charge on any atom is -0.490 e. The Balaban J connectivity index is 1.39. The van der Waals surface area contributed by atoms with Crippen molar-refractivity contribution < 1.29 is 13.5 Å². The van der Waals surface area contributed by atoms with Gasteiger partial charge in [-0.1, -0.05) is 97.0 Å². The average molecular weight is 463 g/mol. The van der Waals surface area contributed by atoms with E-state index in [2.05, 4.69) is 13.8 Å². The first-order valence-electron chi connectivity index (χ1n) is 14.2. The van der Waals surface area contributed by atoms with Crippen molar-refractivity contribution in [2.45, 2.75) is 129 Å². The van der Waals surface area contributed by atoms with Gasteiger partial charge in [0, 0.05) is 0 Å². The fourth-order valence-corrected chi connectivity index (χ4v) is 6.31. The van der Waals surface area contributed by atoms with Crippen LogP contribution in [-0.4, -0.2) is 6.61 Å². The molecular weight excluding hydrogens is 414 g/mol. The van der Waals surface area contributed by atoms with Gasteiger partial charge in [-0.2, -0.15) is 4.39 Å². The molecule has 0 heterocycles. The Labute approximate surface area is 202 Å². The molecule has 2 fully saturated rings. The van der Waals surface area contributed by atoms with E-state index in [1.54, 1.807) is 12.1 Å². The first-order chi connectivity index (χ1) is 16.1. The number of ether oxygens (including phenoxy) is 1. The van der Waals surface area contributed by atoms with E-state index < -0.39 is 11.6 Å². The summed E-state index contributed by atoms with van der Waals surface area (Å²) in [5.41, 5.74) is 0.565. The predicted molar refractivity (Wildman–Crippen MR) is 135 cm³/mol. The molecule has 0 amide bonds. The smallest absolute Gasteiger partial charge is 0.200 e. The van der Waals surface area contributed by atoms with Crippen LogP contribution in [0.2, 0.25) is 0 Å². The van der Waals surface area contributed by atoms with E-state index in [-0.39, 0.29) is 11.7 Å². The zero-order valence-electron chi connectivity index (χ0n) is 21.4. The third kappa shape index (κ3) is 8.25. The van der Waals surface area contributed by atoms with Crippen molar-refractivity contribution in [3.8, 4) is 5.75 Å². The van der Waals surface area contributed by atoms with Crippen LogP contribution in [0.15, 0.2) is 12.1 Å². The molecule has 0 saturated heterocycles. The molecule has 0 spiro atoms. The van der Waals surface area contributed by atoms with Crippen LogP contribution in [0.4, 0.5) is 8.78 Å². The standard InChI is InChI=1S/C30H48F2O/c1-3-5-6-7-8-22-33-28-21-20-27(29(31)30(28)32)26-18-16-25(17-19-26)15-14-24-12-10-23(9-4-2)11-13-24/h20-21,23-26H,3-19,22H2,1-2H3. The van der Waals surface area contributed by atoms with Gasteiger partial charge in [-0.25, -0.2) is 4.39 Å². The second-order valence-corrected chi connectivity index (χ2v) is 11.0. The number of hydrogen-bond acceptors (Lipinski definition) is 1. The lowest BCUT2D eigenvalue weighted by Gasteiger charge is -2.32. The predicted octanol–water partition coefficient (Wildman–Crippen LogP) is 9.97. The van der Waals surface area contributed by atoms with Gasteiger partial charge in [0.15, 0.2) is 11.6 Å². The van der Waals surface area contributed by atoms with E-state index in [4.69, 9.17) is 4.74 Å². The Kier molecular flexibility index (Phi) is 11.5. The quantitative estimate of drug-likeness (QED) is 0.265. The summed E-state index contributed by atoms with van der Waals surface area (Å²) in [5.74, 6) is 1.46. The summed E-state index contributed by atoms with van der Waals surface area (Å²) in [4.78, 5) is 0. The van der Waals surface area contributed by atoms with Gasteiger partial charge in [0.2, 0.25) is 5.82 Å². The molecule has 0 N–H and O–H groups in total. The molecule has 1 aromatic carbocycles. The van der Waals surface area contributed by atoms with Crippen LogP contribution in [-0.2, 0) is 0 Å². The minimum atomic E-state index is -0.790. The van der Waals surface area contributed by atoms with E-state index in [1.165, 1.54) is 70.6 Å². The van der Waals surface area contributed by atoms with Crippen molar-refractivity contribution in [2.24, 2.45) is 17.8 Å². The Morgan fingerprint density at radius 1 is 0.667 bits per heavy atom. The normalized spacial score (nSPS) is 25.8. The topological polar surface area (TPSA) is 9.23 Å². The van der Waals surface area contributed by atoms with E-state index >= 15 is 0 Å². The molecule has 0 aromatic heterocycles. The molecule has 3 heteroatoms. The summed E-state index contributed by atoms with van der Waals surface area (Å²) < 4.78 is 35.0. The summed E-state index contributed by atoms with van der Waals surface area (Å²) in [6.07, 6.45) is 21.1. The third-order valence-corrected chi connectivity index (χ3v) is 8.52. The van der Waals surface area contributed by atoms with Crippen molar-refractivity contribution >= 4 is 0 Å². The van der Waals surface area contributed by atoms with Crippen LogP contribution in [0, 0.1) is 29.4 Å². The van der Waals surface area contributed by atoms with Crippen molar-refractivity contribution in [3.05, 3.63) is 29.3 Å². The number of benzene rings is 1. The highest BCUT2D eigenvalue weighted by Gasteiger charge is 2.28. The van der Waals surface area contributed by atoms with Crippen molar-refractivity contribution in [1.82, 2.24) is 0 Å². The van der Waals surface area contributed by atoms with Crippen LogP contribution in [0.3, 0.4) is 0 Å². The Bertz CT molecular complexity index is 672. The fraction of sp³-hybridized carbons (Fsp3) is 0.800. The van der Waals surface area contributed by atoms with Gasteiger partial charge in [0.1, 0.15) is 0 Å². The minimum absolute atomic E-state index is 0.0779. The van der Waals surface area contributed by atoms with Gasteiger partial charge >= 0.3 is 0 Å². The van der Waals surface area contributed by atoms with E-state index in [0.717, 1.165) is 56.3 Å². The molecule has 1 aromatic rings. The number of unbranched alkanes of at least 4 members (excludes halogenated alkanes) is 4. The zero-order valence-corrected chi connectivity index (χ0v) is 21.4. The molecule has 188 valence electrons. The third-order valence-electron chi connectivity index (χ3n) is 8.52. The van der Waals surface area contributed by atoms with Gasteiger partial charge < -0.3 is 4.74 Å². The highest BCUT2D eigenvalue weighted by molar-refractivity contribution is 5.33. The summed E-state index contributed by atoms with van der Waals surface area (Å²) >= 11 is 0. The second-order valence-electron chi connectivity index (χ2n) is 11.0. The van der Waals surface area contributed by atoms with Crippen molar-refractivity contribution in [1.29, 1.82) is 0 Å². The van der Waals surface area contributed by atoms with Gasteiger partial charge in [-0.15, -0.1) is 0 Å². The maximum Gasteiger partial charge on any atom is 0.200 e. The highest BCUT2D eigenvalue weighted by Crippen LogP contribution is 2.41. The molecule has 3 rings (SSSR count). The second kappa shape index (κ2) is 14.3. The molecular formula is C30H48F2O. The van der Waals surface area contributed by atoms with Crippen molar-refractivity contribution in [2.75, 3.05) is 6.61 Å². The average Bonchev–Trinajstić information content (AvgIpc) is 2.84. The van der Waals surface area contributed by atoms with E-state index in [0.29, 0.717) is 12.2 Å². The highest BCUT2D eigenvalue weighted by atomic mass is 19.2. The molecule has 2 aliphatic carbocycles. The molecule has 0 bridgehead atoms. The zero-order chi connectivity index (χ0) is 23.5. The molecule has 0 aliphatic heterocycles. The molecule has 2 saturated carbocycles. The van der Waals surface area contributed by atoms with Gasteiger partial charge in [0.25, 0.3) is 0 Å². The SMILES string of the molecule is CCCCCCCOc1ccc(C2CCC(CCC3CCC(CCC)CC3)CC2)c(F)c1F. The summed E-state index contributed by atoms with van der Waals surface area (Å²) in [7, 11) is 0. The van der Waals surface area contributed by atoms with E-state index in [1.807, 2.05) is 0 Å². The summed E-state index contributed by atoms with van der Waals surface area (Å²) in [5, 5.41) is 0. The number of halogens is 2. The lowest BCUT2D eigenvalue weighted by Crippen LogP contribution is -2.18. The van der Waals surface area contributed by atoms with Crippen LogP contribution in [0.5, 0.6) is 5.75 Å². The van der Waals surface area contributed by atoms with Gasteiger partial charge in [-0.3, -0.25) is 0 Å².